The van der Waals surface area contributed by atoms with Gasteiger partial charge in [-0.15, -0.1) is 0 Å². The minimum Gasteiger partial charge on any atom is -0.352 e. The van der Waals surface area contributed by atoms with Crippen LogP contribution in [0.3, 0.4) is 0 Å². The average molecular weight is 201 g/mol. The molecule has 1 N–H and O–H groups in total. The highest BCUT2D eigenvalue weighted by Gasteiger charge is 2.07. The summed E-state index contributed by atoms with van der Waals surface area (Å²) in [4.78, 5) is 8.62. The fourth-order valence-corrected chi connectivity index (χ4v) is 1.45. The van der Waals surface area contributed by atoms with E-state index in [4.69, 9.17) is 0 Å². The molecule has 0 aromatic heterocycles. The van der Waals surface area contributed by atoms with E-state index in [1.165, 1.54) is 5.56 Å². The van der Waals surface area contributed by atoms with Crippen molar-refractivity contribution in [3.63, 3.8) is 0 Å². The van der Waals surface area contributed by atoms with E-state index in [1.807, 2.05) is 24.4 Å². The molecule has 0 amide bonds. The molecule has 0 unspecified atom stereocenters. The van der Waals surface area contributed by atoms with Crippen LogP contribution >= 0.6 is 0 Å². The van der Waals surface area contributed by atoms with Crippen LogP contribution in [0.1, 0.15) is 18.9 Å². The maximum absolute atomic E-state index is 4.41. The monoisotopic (exact) mass is 201 g/mol. The van der Waals surface area contributed by atoms with Gasteiger partial charge in [0.1, 0.15) is 0 Å². The number of aliphatic imine (C=N–C) groups is 2. The minimum absolute atomic E-state index is 0.442. The molecule has 0 saturated carbocycles. The second kappa shape index (κ2) is 4.73. The standard InChI is InChI=1S/C12H15N3/c1-10-7-8-13-12(15-10)14-9-11-5-3-2-4-6-11/h2-6,8,10H,7,9H2,1H3,(H,14,15)/t10-/m1/s1. The first-order valence-electron chi connectivity index (χ1n) is 5.22. The van der Waals surface area contributed by atoms with Crippen LogP contribution in [-0.4, -0.2) is 18.2 Å². The Morgan fingerprint density at radius 2 is 2.20 bits per heavy atom. The van der Waals surface area contributed by atoms with Gasteiger partial charge in [0.25, 0.3) is 0 Å². The van der Waals surface area contributed by atoms with Crippen LogP contribution < -0.4 is 5.32 Å². The van der Waals surface area contributed by atoms with E-state index < -0.39 is 0 Å². The lowest BCUT2D eigenvalue weighted by Crippen LogP contribution is -2.35. The number of nitrogens with one attached hydrogen (secondary N) is 1. The molecule has 1 aromatic rings. The first kappa shape index (κ1) is 9.90. The SMILES string of the molecule is C[C@@H]1CC=NC(=NCc2ccccc2)N1. The predicted molar refractivity (Wildman–Crippen MR) is 63.3 cm³/mol. The average Bonchev–Trinajstić information content (AvgIpc) is 2.28. The van der Waals surface area contributed by atoms with Crippen LogP contribution in [0.15, 0.2) is 40.3 Å². The van der Waals surface area contributed by atoms with E-state index in [1.54, 1.807) is 0 Å². The summed E-state index contributed by atoms with van der Waals surface area (Å²) in [5.74, 6) is 0.748. The number of hydrogen-bond donors (Lipinski definition) is 1. The molecule has 1 atom stereocenters. The second-order valence-corrected chi connectivity index (χ2v) is 3.72. The highest BCUT2D eigenvalue weighted by molar-refractivity contribution is 5.90. The minimum atomic E-state index is 0.442. The van der Waals surface area contributed by atoms with Crippen LogP contribution in [0.5, 0.6) is 0 Å². The molecule has 3 heteroatoms. The molecular formula is C12H15N3. The first-order valence-corrected chi connectivity index (χ1v) is 5.22. The van der Waals surface area contributed by atoms with Gasteiger partial charge < -0.3 is 5.32 Å². The number of hydrogen-bond acceptors (Lipinski definition) is 1. The number of rotatable bonds is 2. The van der Waals surface area contributed by atoms with Crippen molar-refractivity contribution in [2.75, 3.05) is 0 Å². The zero-order valence-electron chi connectivity index (χ0n) is 8.85. The predicted octanol–water partition coefficient (Wildman–Crippen LogP) is 2.00. The van der Waals surface area contributed by atoms with Crippen LogP contribution in [0.2, 0.25) is 0 Å². The number of nitrogens with zero attached hydrogens (tertiary/aromatic N) is 2. The molecule has 1 aliphatic heterocycles. The van der Waals surface area contributed by atoms with Gasteiger partial charge in [0, 0.05) is 18.7 Å². The molecule has 1 heterocycles. The Hall–Kier alpha value is -1.64. The van der Waals surface area contributed by atoms with Crippen molar-refractivity contribution in [1.82, 2.24) is 5.32 Å². The summed E-state index contributed by atoms with van der Waals surface area (Å²) in [5.41, 5.74) is 1.21. The number of guanidine groups is 1. The highest BCUT2D eigenvalue weighted by atomic mass is 15.2. The van der Waals surface area contributed by atoms with Crippen LogP contribution in [0.25, 0.3) is 0 Å². The van der Waals surface area contributed by atoms with E-state index in [0.717, 1.165) is 12.4 Å². The van der Waals surface area contributed by atoms with E-state index in [-0.39, 0.29) is 0 Å². The summed E-state index contributed by atoms with van der Waals surface area (Å²) in [6.45, 7) is 2.82. The molecule has 0 spiro atoms. The van der Waals surface area contributed by atoms with E-state index in [2.05, 4.69) is 34.4 Å². The second-order valence-electron chi connectivity index (χ2n) is 3.72. The van der Waals surface area contributed by atoms with Gasteiger partial charge in [-0.05, 0) is 12.5 Å². The van der Waals surface area contributed by atoms with Crippen molar-refractivity contribution in [3.05, 3.63) is 35.9 Å². The summed E-state index contributed by atoms with van der Waals surface area (Å²) in [5, 5.41) is 3.24. The third-order valence-corrected chi connectivity index (χ3v) is 2.30. The lowest BCUT2D eigenvalue weighted by Gasteiger charge is -2.16. The highest BCUT2D eigenvalue weighted by Crippen LogP contribution is 2.02. The third kappa shape index (κ3) is 2.91. The Kier molecular flexibility index (Phi) is 3.12. The maximum Gasteiger partial charge on any atom is 0.218 e. The van der Waals surface area contributed by atoms with Crippen molar-refractivity contribution in [2.24, 2.45) is 9.98 Å². The molecular weight excluding hydrogens is 186 g/mol. The van der Waals surface area contributed by atoms with Gasteiger partial charge in [-0.3, -0.25) is 0 Å². The van der Waals surface area contributed by atoms with Crippen LogP contribution in [0, 0.1) is 0 Å². The summed E-state index contributed by atoms with van der Waals surface area (Å²) in [6.07, 6.45) is 2.90. The van der Waals surface area contributed by atoms with Crippen LogP contribution in [0.4, 0.5) is 0 Å². The van der Waals surface area contributed by atoms with Gasteiger partial charge >= 0.3 is 0 Å². The molecule has 0 radical (unpaired) electrons. The Labute approximate surface area is 90.0 Å². The van der Waals surface area contributed by atoms with Crippen LogP contribution in [-0.2, 0) is 6.54 Å². The molecule has 0 bridgehead atoms. The molecule has 0 saturated heterocycles. The van der Waals surface area contributed by atoms with Crippen molar-refractivity contribution < 1.29 is 0 Å². The van der Waals surface area contributed by atoms with Gasteiger partial charge in [-0.25, -0.2) is 9.98 Å². The van der Waals surface area contributed by atoms with Gasteiger partial charge in [-0.2, -0.15) is 0 Å². The topological polar surface area (TPSA) is 36.8 Å². The zero-order valence-corrected chi connectivity index (χ0v) is 8.85. The molecule has 0 fully saturated rings. The smallest absolute Gasteiger partial charge is 0.218 e. The summed E-state index contributed by atoms with van der Waals surface area (Å²) >= 11 is 0. The van der Waals surface area contributed by atoms with Crippen molar-refractivity contribution >= 4 is 12.2 Å². The Morgan fingerprint density at radius 1 is 1.40 bits per heavy atom. The summed E-state index contributed by atoms with van der Waals surface area (Å²) in [6, 6.07) is 10.6. The summed E-state index contributed by atoms with van der Waals surface area (Å²) < 4.78 is 0. The molecule has 15 heavy (non-hydrogen) atoms. The van der Waals surface area contributed by atoms with Gasteiger partial charge in [-0.1, -0.05) is 30.3 Å². The largest absolute Gasteiger partial charge is 0.352 e. The normalized spacial score (nSPS) is 22.7. The van der Waals surface area contributed by atoms with Crippen molar-refractivity contribution in [1.29, 1.82) is 0 Å². The maximum atomic E-state index is 4.41. The fourth-order valence-electron chi connectivity index (χ4n) is 1.45. The van der Waals surface area contributed by atoms with Gasteiger partial charge in [0.2, 0.25) is 5.96 Å². The number of benzene rings is 1. The van der Waals surface area contributed by atoms with E-state index in [9.17, 15) is 0 Å². The molecule has 1 aliphatic rings. The fraction of sp³-hybridized carbons (Fsp3) is 0.333. The Bertz CT molecular complexity index is 368. The molecule has 78 valence electrons. The van der Waals surface area contributed by atoms with Gasteiger partial charge in [0.15, 0.2) is 0 Å². The Balaban J connectivity index is 2.00. The lowest BCUT2D eigenvalue weighted by atomic mass is 10.2. The zero-order chi connectivity index (χ0) is 10.5. The Morgan fingerprint density at radius 3 is 2.93 bits per heavy atom. The first-order chi connectivity index (χ1) is 7.34. The lowest BCUT2D eigenvalue weighted by molar-refractivity contribution is 0.676. The van der Waals surface area contributed by atoms with Gasteiger partial charge in [0.05, 0.1) is 6.54 Å². The summed E-state index contributed by atoms with van der Waals surface area (Å²) in [7, 11) is 0. The molecule has 1 aromatic carbocycles. The van der Waals surface area contributed by atoms with E-state index >= 15 is 0 Å². The molecule has 3 nitrogen and oxygen atoms in total. The molecule has 2 rings (SSSR count). The molecule has 0 aliphatic carbocycles. The quantitative estimate of drug-likeness (QED) is 0.780. The van der Waals surface area contributed by atoms with E-state index in [0.29, 0.717) is 12.6 Å². The van der Waals surface area contributed by atoms with Crippen molar-refractivity contribution in [3.8, 4) is 0 Å². The third-order valence-electron chi connectivity index (χ3n) is 2.30. The van der Waals surface area contributed by atoms with Crippen molar-refractivity contribution in [2.45, 2.75) is 25.9 Å².